The molecule has 5 nitrogen and oxygen atoms in total. The fourth-order valence-corrected chi connectivity index (χ4v) is 4.56. The second-order valence-electron chi connectivity index (χ2n) is 7.25. The van der Waals surface area contributed by atoms with E-state index < -0.39 is 0 Å². The lowest BCUT2D eigenvalue weighted by molar-refractivity contribution is -0.126. The lowest BCUT2D eigenvalue weighted by Gasteiger charge is -2.40. The van der Waals surface area contributed by atoms with E-state index in [2.05, 4.69) is 10.3 Å². The zero-order valence-electron chi connectivity index (χ0n) is 13.8. The van der Waals surface area contributed by atoms with Gasteiger partial charge in [-0.25, -0.2) is 4.99 Å². The minimum Gasteiger partial charge on any atom is -0.497 e. The van der Waals surface area contributed by atoms with Gasteiger partial charge in [-0.15, -0.1) is 0 Å². The maximum atomic E-state index is 12.8. The number of carbonyl (C=O) groups is 1. The molecule has 24 heavy (non-hydrogen) atoms. The maximum absolute atomic E-state index is 12.8. The summed E-state index contributed by atoms with van der Waals surface area (Å²) in [5.74, 6) is 1.21. The molecule has 5 heteroatoms. The average Bonchev–Trinajstić information content (AvgIpc) is 3.18. The van der Waals surface area contributed by atoms with Crippen LogP contribution in [0.15, 0.2) is 39.9 Å². The summed E-state index contributed by atoms with van der Waals surface area (Å²) in [7, 11) is 1.66. The molecule has 2 fully saturated rings. The number of ketones is 1. The molecule has 2 aliphatic heterocycles. The lowest BCUT2D eigenvalue weighted by atomic mass is 9.66. The van der Waals surface area contributed by atoms with Gasteiger partial charge < -0.3 is 10.1 Å². The van der Waals surface area contributed by atoms with Gasteiger partial charge in [-0.3, -0.25) is 9.79 Å². The Bertz CT molecular complexity index is 846. The van der Waals surface area contributed by atoms with E-state index in [1.165, 1.54) is 0 Å². The molecule has 122 valence electrons. The number of methoxy groups -OCH3 is 1. The van der Waals surface area contributed by atoms with E-state index in [4.69, 9.17) is 9.73 Å². The molecule has 0 saturated heterocycles. The molecule has 4 aliphatic rings. The molecule has 0 aromatic heterocycles. The molecule has 1 N–H and O–H groups in total. The second kappa shape index (κ2) is 4.35. The third kappa shape index (κ3) is 1.52. The van der Waals surface area contributed by atoms with Gasteiger partial charge in [0.15, 0.2) is 0 Å². The van der Waals surface area contributed by atoms with Crippen LogP contribution in [0.2, 0.25) is 0 Å². The molecular weight excluding hydrogens is 302 g/mol. The van der Waals surface area contributed by atoms with Crippen molar-refractivity contribution in [1.29, 1.82) is 0 Å². The maximum Gasteiger partial charge on any atom is 0.147 e. The Morgan fingerprint density at radius 3 is 2.67 bits per heavy atom. The summed E-state index contributed by atoms with van der Waals surface area (Å²) < 4.78 is 5.24. The van der Waals surface area contributed by atoms with Gasteiger partial charge in [0.25, 0.3) is 0 Å². The van der Waals surface area contributed by atoms with Crippen molar-refractivity contribution in [3.05, 3.63) is 35.5 Å². The van der Waals surface area contributed by atoms with Crippen molar-refractivity contribution >= 4 is 23.5 Å². The van der Waals surface area contributed by atoms with E-state index in [-0.39, 0.29) is 16.9 Å². The van der Waals surface area contributed by atoms with Crippen LogP contribution in [0.25, 0.3) is 5.70 Å². The Kier molecular flexibility index (Phi) is 2.53. The molecule has 2 aliphatic carbocycles. The van der Waals surface area contributed by atoms with Gasteiger partial charge in [0.2, 0.25) is 0 Å². The molecule has 5 rings (SSSR count). The molecule has 2 atom stereocenters. The summed E-state index contributed by atoms with van der Waals surface area (Å²) >= 11 is 0. The first kappa shape index (κ1) is 14.0. The van der Waals surface area contributed by atoms with Gasteiger partial charge in [0.05, 0.1) is 36.0 Å². The summed E-state index contributed by atoms with van der Waals surface area (Å²) in [4.78, 5) is 22.4. The van der Waals surface area contributed by atoms with Gasteiger partial charge in [0, 0.05) is 11.5 Å². The van der Waals surface area contributed by atoms with E-state index in [0.717, 1.165) is 47.7 Å². The van der Waals surface area contributed by atoms with Crippen molar-refractivity contribution in [2.45, 2.75) is 31.7 Å². The minimum atomic E-state index is -0.376. The molecule has 0 amide bonds. The van der Waals surface area contributed by atoms with Crippen LogP contribution in [0.3, 0.4) is 0 Å². The van der Waals surface area contributed by atoms with Crippen molar-refractivity contribution in [3.8, 4) is 5.75 Å². The van der Waals surface area contributed by atoms with Gasteiger partial charge >= 0.3 is 0 Å². The molecule has 2 unspecified atom stereocenters. The van der Waals surface area contributed by atoms with Crippen LogP contribution in [-0.4, -0.2) is 30.5 Å². The topological polar surface area (TPSA) is 63.0 Å². The third-order valence-electron chi connectivity index (χ3n) is 5.86. The quantitative estimate of drug-likeness (QED) is 0.910. The normalized spacial score (nSPS) is 31.7. The van der Waals surface area contributed by atoms with Crippen LogP contribution in [-0.2, 0) is 4.79 Å². The fourth-order valence-electron chi connectivity index (χ4n) is 4.56. The monoisotopic (exact) mass is 321 g/mol. The van der Waals surface area contributed by atoms with Gasteiger partial charge in [-0.1, -0.05) is 6.92 Å². The largest absolute Gasteiger partial charge is 0.497 e. The van der Waals surface area contributed by atoms with E-state index in [1.807, 2.05) is 31.2 Å². The van der Waals surface area contributed by atoms with Crippen LogP contribution in [0, 0.1) is 11.3 Å². The zero-order chi connectivity index (χ0) is 16.5. The number of nitrogens with one attached hydrogen (secondary N) is 1. The van der Waals surface area contributed by atoms with Crippen LogP contribution >= 0.6 is 0 Å². The standard InChI is InChI=1S/C19H19N3O2/c1-11-9-19-15(20-10-21-19)14(12-3-5-13(24-2)6-4-12)22-17(19)18(7-8-18)16(11)23/h3-6,10-11H,7-9H2,1-2H3,(H,20,21). The SMILES string of the molecule is COc1ccc(C2=C3N=CNC34CC(C)C(=O)C3(CC3)C4=N2)cc1. The first-order valence-corrected chi connectivity index (χ1v) is 8.44. The Morgan fingerprint density at radius 2 is 2.00 bits per heavy atom. The first-order valence-electron chi connectivity index (χ1n) is 8.44. The number of carbonyl (C=O) groups excluding carboxylic acids is 1. The van der Waals surface area contributed by atoms with E-state index in [9.17, 15) is 4.79 Å². The predicted octanol–water partition coefficient (Wildman–Crippen LogP) is 2.58. The molecule has 2 saturated carbocycles. The smallest absolute Gasteiger partial charge is 0.147 e. The first-order chi connectivity index (χ1) is 11.6. The molecule has 0 radical (unpaired) electrons. The fraction of sp³-hybridized carbons (Fsp3) is 0.421. The van der Waals surface area contributed by atoms with Gasteiger partial charge in [0.1, 0.15) is 17.1 Å². The predicted molar refractivity (Wildman–Crippen MR) is 92.2 cm³/mol. The van der Waals surface area contributed by atoms with Crippen molar-refractivity contribution < 1.29 is 9.53 Å². The van der Waals surface area contributed by atoms with Crippen LogP contribution < -0.4 is 10.1 Å². The summed E-state index contributed by atoms with van der Waals surface area (Å²) in [6.45, 7) is 2.04. The number of benzene rings is 1. The van der Waals surface area contributed by atoms with Crippen molar-refractivity contribution in [3.63, 3.8) is 0 Å². The molecular formula is C19H19N3O2. The summed E-state index contributed by atoms with van der Waals surface area (Å²) in [6.07, 6.45) is 4.34. The lowest BCUT2D eigenvalue weighted by Crippen LogP contribution is -2.59. The summed E-state index contributed by atoms with van der Waals surface area (Å²) in [5.41, 5.74) is 3.15. The number of nitrogens with zero attached hydrogens (tertiary/aromatic N) is 2. The molecule has 0 bridgehead atoms. The molecule has 1 aromatic rings. The minimum absolute atomic E-state index is 0.0332. The van der Waals surface area contributed by atoms with Crippen molar-refractivity contribution in [1.82, 2.24) is 5.32 Å². The van der Waals surface area contributed by atoms with Crippen molar-refractivity contribution in [2.75, 3.05) is 7.11 Å². The number of hydrogen-bond donors (Lipinski definition) is 1. The second-order valence-corrected chi connectivity index (χ2v) is 7.25. The molecule has 1 aromatic carbocycles. The molecule has 2 spiro atoms. The number of fused-ring (bicyclic) bond motifs is 1. The highest BCUT2D eigenvalue weighted by atomic mass is 16.5. The summed E-state index contributed by atoms with van der Waals surface area (Å²) in [5, 5.41) is 3.45. The molecule has 2 heterocycles. The Morgan fingerprint density at radius 1 is 1.25 bits per heavy atom. The number of Topliss-reactive ketones (excluding diaryl/α,β-unsaturated/α-hetero) is 1. The number of aliphatic imine (C=N–C) groups is 2. The Balaban J connectivity index is 1.68. The van der Waals surface area contributed by atoms with Crippen molar-refractivity contribution in [2.24, 2.45) is 21.3 Å². The summed E-state index contributed by atoms with van der Waals surface area (Å²) in [6, 6.07) is 7.89. The van der Waals surface area contributed by atoms with E-state index in [1.54, 1.807) is 13.4 Å². The van der Waals surface area contributed by atoms with Gasteiger partial charge in [-0.2, -0.15) is 0 Å². The highest BCUT2D eigenvalue weighted by Crippen LogP contribution is 2.60. The van der Waals surface area contributed by atoms with Gasteiger partial charge in [-0.05, 0) is 43.5 Å². The van der Waals surface area contributed by atoms with Crippen LogP contribution in [0.5, 0.6) is 5.75 Å². The number of ether oxygens (including phenoxy) is 1. The zero-order valence-corrected chi connectivity index (χ0v) is 13.8. The van der Waals surface area contributed by atoms with Crippen LogP contribution in [0.4, 0.5) is 0 Å². The van der Waals surface area contributed by atoms with E-state index in [0.29, 0.717) is 5.78 Å². The number of hydrogen-bond acceptors (Lipinski definition) is 5. The third-order valence-corrected chi connectivity index (χ3v) is 5.86. The average molecular weight is 321 g/mol. The van der Waals surface area contributed by atoms with E-state index >= 15 is 0 Å². The van der Waals surface area contributed by atoms with Crippen LogP contribution in [0.1, 0.15) is 31.7 Å². The Labute approximate surface area is 140 Å². The highest BCUT2D eigenvalue weighted by Gasteiger charge is 2.68. The highest BCUT2D eigenvalue weighted by molar-refractivity contribution is 6.24. The number of rotatable bonds is 2. The Hall–Kier alpha value is -2.43.